The van der Waals surface area contributed by atoms with Crippen molar-refractivity contribution >= 4 is 29.6 Å². The van der Waals surface area contributed by atoms with E-state index < -0.39 is 0 Å². The first-order chi connectivity index (χ1) is 7.88. The van der Waals surface area contributed by atoms with Gasteiger partial charge in [-0.1, -0.05) is 37.4 Å². The Morgan fingerprint density at radius 2 is 1.59 bits per heavy atom. The van der Waals surface area contributed by atoms with Crippen LogP contribution in [0.2, 0.25) is 0 Å². The first-order valence-electron chi connectivity index (χ1n) is 5.86. The van der Waals surface area contributed by atoms with Gasteiger partial charge >= 0.3 is 0 Å². The lowest BCUT2D eigenvalue weighted by Crippen LogP contribution is -2.27. The molecule has 1 heteroatoms. The SMILES string of the molecule is C=c1ccc(=C)c2c(NC(C)(C)C)cccc12. The molecule has 0 saturated heterocycles. The lowest BCUT2D eigenvalue weighted by Gasteiger charge is -2.23. The molecule has 0 atom stereocenters. The van der Waals surface area contributed by atoms with Crippen molar-refractivity contribution in [2.45, 2.75) is 26.3 Å². The standard InChI is InChI=1S/C16H19N/c1-11-9-10-12(2)15-13(11)7-6-8-14(15)17-16(3,4)5/h6-10,17H,1-2H2,3-5H3. The summed E-state index contributed by atoms with van der Waals surface area (Å²) in [5.74, 6) is 0. The fourth-order valence-electron chi connectivity index (χ4n) is 2.05. The van der Waals surface area contributed by atoms with Gasteiger partial charge in [-0.2, -0.15) is 0 Å². The van der Waals surface area contributed by atoms with Crippen LogP contribution in [0.3, 0.4) is 0 Å². The molecule has 0 fully saturated rings. The van der Waals surface area contributed by atoms with Gasteiger partial charge in [0.2, 0.25) is 0 Å². The van der Waals surface area contributed by atoms with Crippen LogP contribution in [0, 0.1) is 0 Å². The Morgan fingerprint density at radius 1 is 0.941 bits per heavy atom. The fraction of sp³-hybridized carbons (Fsp3) is 0.250. The van der Waals surface area contributed by atoms with Crippen LogP contribution < -0.4 is 15.8 Å². The number of fused-ring (bicyclic) bond motifs is 1. The third-order valence-corrected chi connectivity index (χ3v) is 2.73. The molecule has 0 aliphatic rings. The zero-order valence-corrected chi connectivity index (χ0v) is 10.8. The lowest BCUT2D eigenvalue weighted by atomic mass is 10.0. The average molecular weight is 225 g/mol. The number of rotatable bonds is 1. The van der Waals surface area contributed by atoms with Crippen molar-refractivity contribution in [1.82, 2.24) is 0 Å². The van der Waals surface area contributed by atoms with Gasteiger partial charge in [0, 0.05) is 16.6 Å². The summed E-state index contributed by atoms with van der Waals surface area (Å²) in [7, 11) is 0. The summed E-state index contributed by atoms with van der Waals surface area (Å²) in [5.41, 5.74) is 1.17. The molecule has 2 aromatic carbocycles. The molecule has 0 aliphatic carbocycles. The second-order valence-corrected chi connectivity index (χ2v) is 5.49. The second kappa shape index (κ2) is 3.92. The molecule has 0 unspecified atom stereocenters. The van der Waals surface area contributed by atoms with Gasteiger partial charge < -0.3 is 5.32 Å². The molecule has 1 nitrogen and oxygen atoms in total. The van der Waals surface area contributed by atoms with E-state index in [1.165, 1.54) is 10.8 Å². The van der Waals surface area contributed by atoms with Gasteiger partial charge in [-0.25, -0.2) is 0 Å². The molecule has 0 heterocycles. The van der Waals surface area contributed by atoms with E-state index in [2.05, 4.69) is 57.4 Å². The smallest absolute Gasteiger partial charge is 0.0429 e. The van der Waals surface area contributed by atoms with Gasteiger partial charge in [-0.15, -0.1) is 0 Å². The van der Waals surface area contributed by atoms with Crippen molar-refractivity contribution in [2.75, 3.05) is 5.32 Å². The molecule has 2 aromatic rings. The van der Waals surface area contributed by atoms with Crippen molar-refractivity contribution < 1.29 is 0 Å². The average Bonchev–Trinajstić information content (AvgIpc) is 2.21. The van der Waals surface area contributed by atoms with E-state index in [9.17, 15) is 0 Å². The highest BCUT2D eigenvalue weighted by Gasteiger charge is 2.11. The van der Waals surface area contributed by atoms with E-state index in [-0.39, 0.29) is 5.54 Å². The summed E-state index contributed by atoms with van der Waals surface area (Å²) in [5, 5.41) is 7.96. The highest BCUT2D eigenvalue weighted by atomic mass is 14.9. The molecule has 0 amide bonds. The Labute approximate surface area is 102 Å². The Hall–Kier alpha value is -1.76. The summed E-state index contributed by atoms with van der Waals surface area (Å²) in [6.07, 6.45) is 0. The molecule has 2 rings (SSSR count). The summed E-state index contributed by atoms with van der Waals surface area (Å²) in [6.45, 7) is 14.7. The Morgan fingerprint density at radius 3 is 2.24 bits per heavy atom. The summed E-state index contributed by atoms with van der Waals surface area (Å²) < 4.78 is 0. The minimum Gasteiger partial charge on any atom is -0.380 e. The second-order valence-electron chi connectivity index (χ2n) is 5.49. The molecule has 1 N–H and O–H groups in total. The molecule has 0 spiro atoms. The molecule has 88 valence electrons. The molecule has 0 bridgehead atoms. The molecular formula is C16H19N. The van der Waals surface area contributed by atoms with Crippen LogP contribution in [0.1, 0.15) is 20.8 Å². The van der Waals surface area contributed by atoms with Gasteiger partial charge in [0.15, 0.2) is 0 Å². The van der Waals surface area contributed by atoms with Crippen molar-refractivity contribution in [3.63, 3.8) is 0 Å². The quantitative estimate of drug-likeness (QED) is 0.787. The van der Waals surface area contributed by atoms with Gasteiger partial charge in [0.1, 0.15) is 0 Å². The van der Waals surface area contributed by atoms with E-state index in [1.807, 2.05) is 12.1 Å². The molecule has 0 aromatic heterocycles. The maximum Gasteiger partial charge on any atom is 0.0429 e. The van der Waals surface area contributed by atoms with Crippen LogP contribution >= 0.6 is 0 Å². The number of benzene rings is 2. The number of hydrogen-bond donors (Lipinski definition) is 1. The minimum atomic E-state index is 0.0396. The highest BCUT2D eigenvalue weighted by molar-refractivity contribution is 5.94. The van der Waals surface area contributed by atoms with Crippen LogP contribution in [0.25, 0.3) is 23.9 Å². The maximum atomic E-state index is 4.11. The summed E-state index contributed by atoms with van der Waals surface area (Å²) >= 11 is 0. The predicted molar refractivity (Wildman–Crippen MR) is 77.6 cm³/mol. The molecule has 0 aliphatic heterocycles. The van der Waals surface area contributed by atoms with Crippen LogP contribution in [0.5, 0.6) is 0 Å². The Bertz CT molecular complexity index is 648. The third-order valence-electron chi connectivity index (χ3n) is 2.73. The highest BCUT2D eigenvalue weighted by Crippen LogP contribution is 2.21. The number of hydrogen-bond acceptors (Lipinski definition) is 1. The zero-order chi connectivity index (χ0) is 12.6. The lowest BCUT2D eigenvalue weighted by molar-refractivity contribution is 0.635. The third kappa shape index (κ3) is 2.33. The van der Waals surface area contributed by atoms with Crippen LogP contribution in [-0.2, 0) is 0 Å². The van der Waals surface area contributed by atoms with Gasteiger partial charge in [0.05, 0.1) is 0 Å². The topological polar surface area (TPSA) is 12.0 Å². The molecule has 0 radical (unpaired) electrons. The Balaban J connectivity index is 2.78. The van der Waals surface area contributed by atoms with Crippen molar-refractivity contribution in [1.29, 1.82) is 0 Å². The van der Waals surface area contributed by atoms with Gasteiger partial charge in [0.25, 0.3) is 0 Å². The van der Waals surface area contributed by atoms with Crippen LogP contribution in [0.15, 0.2) is 30.3 Å². The normalized spacial score (nSPS) is 11.7. The van der Waals surface area contributed by atoms with Crippen molar-refractivity contribution in [2.24, 2.45) is 0 Å². The van der Waals surface area contributed by atoms with Crippen LogP contribution in [-0.4, -0.2) is 5.54 Å². The monoisotopic (exact) mass is 225 g/mol. The van der Waals surface area contributed by atoms with Crippen molar-refractivity contribution in [3.8, 4) is 0 Å². The molecule has 0 saturated carbocycles. The summed E-state index contributed by atoms with van der Waals surface area (Å²) in [4.78, 5) is 0. The Kier molecular flexibility index (Phi) is 2.70. The first-order valence-corrected chi connectivity index (χ1v) is 5.86. The van der Waals surface area contributed by atoms with Gasteiger partial charge in [-0.3, -0.25) is 0 Å². The zero-order valence-electron chi connectivity index (χ0n) is 10.8. The maximum absolute atomic E-state index is 4.11. The molecule has 17 heavy (non-hydrogen) atoms. The number of anilines is 1. The first kappa shape index (κ1) is 11.7. The van der Waals surface area contributed by atoms with Gasteiger partial charge in [-0.05, 0) is 42.7 Å². The van der Waals surface area contributed by atoms with E-state index in [1.54, 1.807) is 0 Å². The summed E-state index contributed by atoms with van der Waals surface area (Å²) in [6, 6.07) is 10.3. The van der Waals surface area contributed by atoms with E-state index in [0.717, 1.165) is 16.1 Å². The predicted octanol–water partition coefficient (Wildman–Crippen LogP) is 2.87. The minimum absolute atomic E-state index is 0.0396. The van der Waals surface area contributed by atoms with E-state index in [0.29, 0.717) is 0 Å². The number of nitrogens with one attached hydrogen (secondary N) is 1. The van der Waals surface area contributed by atoms with E-state index >= 15 is 0 Å². The van der Waals surface area contributed by atoms with Crippen molar-refractivity contribution in [3.05, 3.63) is 40.8 Å². The molecular weight excluding hydrogens is 206 g/mol. The fourth-order valence-corrected chi connectivity index (χ4v) is 2.05. The van der Waals surface area contributed by atoms with Crippen LogP contribution in [0.4, 0.5) is 5.69 Å². The van der Waals surface area contributed by atoms with E-state index in [4.69, 9.17) is 0 Å². The largest absolute Gasteiger partial charge is 0.380 e.